The molecule has 0 aliphatic rings. The third-order valence-electron chi connectivity index (χ3n) is 3.33. The zero-order valence-corrected chi connectivity index (χ0v) is 13.2. The average molecular weight is 282 g/mol. The lowest BCUT2D eigenvalue weighted by Gasteiger charge is -1.99. The van der Waals surface area contributed by atoms with E-state index in [1.165, 1.54) is 39.2 Å². The predicted molar refractivity (Wildman–Crippen MR) is 82.6 cm³/mol. The molecule has 116 valence electrons. The van der Waals surface area contributed by atoms with Crippen LogP contribution >= 0.6 is 0 Å². The van der Waals surface area contributed by atoms with Gasteiger partial charge in [0.2, 0.25) is 5.78 Å². The lowest BCUT2D eigenvalue weighted by molar-refractivity contribution is -0.151. The fourth-order valence-corrected chi connectivity index (χ4v) is 2.04. The van der Waals surface area contributed by atoms with Gasteiger partial charge in [-0.3, -0.25) is 4.79 Å². The van der Waals surface area contributed by atoms with Crippen LogP contribution in [0.1, 0.15) is 77.6 Å². The smallest absolute Gasteiger partial charge is 0.374 e. The number of esters is 1. The Balaban J connectivity index is 3.26. The van der Waals surface area contributed by atoms with Crippen molar-refractivity contribution in [3.8, 4) is 0 Å². The second-order valence-electron chi connectivity index (χ2n) is 5.19. The normalized spacial score (nSPS) is 10.9. The second kappa shape index (κ2) is 14.3. The van der Waals surface area contributed by atoms with Gasteiger partial charge in [-0.25, -0.2) is 4.79 Å². The summed E-state index contributed by atoms with van der Waals surface area (Å²) in [5.41, 5.74) is 0. The van der Waals surface area contributed by atoms with Crippen molar-refractivity contribution < 1.29 is 14.3 Å². The summed E-state index contributed by atoms with van der Waals surface area (Å²) in [6.07, 6.45) is 16.6. The Morgan fingerprint density at radius 3 is 1.95 bits per heavy atom. The molecule has 3 nitrogen and oxygen atoms in total. The number of carbonyl (C=O) groups excluding carboxylic acids is 2. The van der Waals surface area contributed by atoms with E-state index < -0.39 is 11.8 Å². The van der Waals surface area contributed by atoms with Crippen LogP contribution in [0, 0.1) is 0 Å². The molecule has 0 aliphatic heterocycles. The number of carbonyl (C=O) groups is 2. The molecule has 0 atom stereocenters. The highest BCUT2D eigenvalue weighted by molar-refractivity contribution is 6.33. The van der Waals surface area contributed by atoms with Crippen molar-refractivity contribution in [2.45, 2.75) is 77.6 Å². The number of rotatable bonds is 13. The summed E-state index contributed by atoms with van der Waals surface area (Å²) in [5.74, 6) is -1.12. The van der Waals surface area contributed by atoms with Crippen LogP contribution < -0.4 is 0 Å². The van der Waals surface area contributed by atoms with E-state index >= 15 is 0 Å². The van der Waals surface area contributed by atoms with E-state index in [-0.39, 0.29) is 0 Å². The lowest BCUT2D eigenvalue weighted by atomic mass is 10.1. The Hall–Kier alpha value is -1.12. The SMILES string of the molecule is CCCCCC/C=C\CCCCCCC(=O)C(=O)OC. The molecule has 0 spiro atoms. The summed E-state index contributed by atoms with van der Waals surface area (Å²) in [6.45, 7) is 2.23. The van der Waals surface area contributed by atoms with Crippen LogP contribution in [0.3, 0.4) is 0 Å². The minimum absolute atomic E-state index is 0.319. The zero-order chi connectivity index (χ0) is 15.1. The third-order valence-corrected chi connectivity index (χ3v) is 3.33. The van der Waals surface area contributed by atoms with Gasteiger partial charge in [-0.2, -0.15) is 0 Å². The monoisotopic (exact) mass is 282 g/mol. The summed E-state index contributed by atoms with van der Waals surface area (Å²) >= 11 is 0. The molecule has 0 aromatic rings. The maximum absolute atomic E-state index is 11.2. The number of ether oxygens (including phenoxy) is 1. The van der Waals surface area contributed by atoms with Gasteiger partial charge in [-0.05, 0) is 32.1 Å². The highest BCUT2D eigenvalue weighted by Crippen LogP contribution is 2.08. The minimum atomic E-state index is -0.712. The molecular weight excluding hydrogens is 252 g/mol. The van der Waals surface area contributed by atoms with Crippen LogP contribution in [-0.4, -0.2) is 18.9 Å². The molecule has 3 heteroatoms. The van der Waals surface area contributed by atoms with Crippen molar-refractivity contribution in [2.24, 2.45) is 0 Å². The minimum Gasteiger partial charge on any atom is -0.463 e. The molecule has 20 heavy (non-hydrogen) atoms. The summed E-state index contributed by atoms with van der Waals surface area (Å²) < 4.78 is 4.37. The number of methoxy groups -OCH3 is 1. The summed E-state index contributed by atoms with van der Waals surface area (Å²) in [4.78, 5) is 22.0. The molecule has 0 saturated carbocycles. The van der Waals surface area contributed by atoms with E-state index in [1.807, 2.05) is 0 Å². The Labute approximate surface area is 123 Å². The summed E-state index contributed by atoms with van der Waals surface area (Å²) in [7, 11) is 1.24. The fourth-order valence-electron chi connectivity index (χ4n) is 2.04. The zero-order valence-electron chi connectivity index (χ0n) is 13.2. The van der Waals surface area contributed by atoms with Gasteiger partial charge in [0.15, 0.2) is 0 Å². The number of allylic oxidation sites excluding steroid dienone is 2. The molecule has 0 unspecified atom stereocenters. The Morgan fingerprint density at radius 2 is 1.40 bits per heavy atom. The first-order valence-electron chi connectivity index (χ1n) is 7.98. The van der Waals surface area contributed by atoms with Gasteiger partial charge >= 0.3 is 5.97 Å². The Bertz CT molecular complexity index is 282. The van der Waals surface area contributed by atoms with Gasteiger partial charge in [0, 0.05) is 6.42 Å². The number of hydrogen-bond acceptors (Lipinski definition) is 3. The maximum Gasteiger partial charge on any atom is 0.374 e. The molecule has 0 N–H and O–H groups in total. The molecule has 0 aromatic heterocycles. The lowest BCUT2D eigenvalue weighted by Crippen LogP contribution is -2.14. The second-order valence-corrected chi connectivity index (χ2v) is 5.19. The number of unbranched alkanes of at least 4 members (excludes halogenated alkanes) is 8. The van der Waals surface area contributed by atoms with Crippen molar-refractivity contribution in [2.75, 3.05) is 7.11 Å². The van der Waals surface area contributed by atoms with E-state index in [2.05, 4.69) is 23.8 Å². The van der Waals surface area contributed by atoms with Crippen LogP contribution in [0.15, 0.2) is 12.2 Å². The molecule has 0 amide bonds. The first-order chi connectivity index (χ1) is 9.72. The van der Waals surface area contributed by atoms with Crippen LogP contribution in [0.2, 0.25) is 0 Å². The van der Waals surface area contributed by atoms with Gasteiger partial charge in [0.1, 0.15) is 0 Å². The molecule has 0 fully saturated rings. The first kappa shape index (κ1) is 18.9. The van der Waals surface area contributed by atoms with Gasteiger partial charge in [0.05, 0.1) is 7.11 Å². The summed E-state index contributed by atoms with van der Waals surface area (Å²) in [5, 5.41) is 0. The van der Waals surface area contributed by atoms with Crippen LogP contribution in [0.4, 0.5) is 0 Å². The van der Waals surface area contributed by atoms with Crippen molar-refractivity contribution in [1.82, 2.24) is 0 Å². The van der Waals surface area contributed by atoms with Gasteiger partial charge in [-0.1, -0.05) is 51.2 Å². The Morgan fingerprint density at radius 1 is 0.850 bits per heavy atom. The predicted octanol–water partition coefficient (Wildman–Crippen LogP) is 4.60. The number of ketones is 1. The van der Waals surface area contributed by atoms with E-state index in [0.29, 0.717) is 6.42 Å². The fraction of sp³-hybridized carbons (Fsp3) is 0.765. The largest absolute Gasteiger partial charge is 0.463 e. The number of Topliss-reactive ketones (excluding diaryl/α,β-unsaturated/α-hetero) is 1. The number of hydrogen-bond donors (Lipinski definition) is 0. The quantitative estimate of drug-likeness (QED) is 0.215. The van der Waals surface area contributed by atoms with E-state index in [1.54, 1.807) is 0 Å². The van der Waals surface area contributed by atoms with Crippen molar-refractivity contribution in [1.29, 1.82) is 0 Å². The highest BCUT2D eigenvalue weighted by Gasteiger charge is 2.12. The average Bonchev–Trinajstić information content (AvgIpc) is 2.47. The Kier molecular flexibility index (Phi) is 13.5. The molecule has 0 aromatic carbocycles. The molecule has 0 heterocycles. The van der Waals surface area contributed by atoms with Crippen molar-refractivity contribution in [3.05, 3.63) is 12.2 Å². The topological polar surface area (TPSA) is 43.4 Å². The van der Waals surface area contributed by atoms with Gasteiger partial charge in [-0.15, -0.1) is 0 Å². The molecule has 0 rings (SSSR count). The van der Waals surface area contributed by atoms with Crippen LogP contribution in [0.5, 0.6) is 0 Å². The standard InChI is InChI=1S/C17H30O3/c1-3-4-5-6-7-8-9-10-11-12-13-14-15-16(18)17(19)20-2/h8-9H,3-7,10-15H2,1-2H3/b9-8-. The first-order valence-corrected chi connectivity index (χ1v) is 7.98. The van der Waals surface area contributed by atoms with E-state index in [0.717, 1.165) is 32.1 Å². The highest BCUT2D eigenvalue weighted by atomic mass is 16.5. The summed E-state index contributed by atoms with van der Waals surface area (Å²) in [6, 6.07) is 0. The van der Waals surface area contributed by atoms with Crippen LogP contribution in [-0.2, 0) is 14.3 Å². The van der Waals surface area contributed by atoms with Crippen LogP contribution in [0.25, 0.3) is 0 Å². The maximum atomic E-state index is 11.2. The van der Waals surface area contributed by atoms with Crippen molar-refractivity contribution in [3.63, 3.8) is 0 Å². The van der Waals surface area contributed by atoms with E-state index in [4.69, 9.17) is 0 Å². The molecule has 0 radical (unpaired) electrons. The van der Waals surface area contributed by atoms with Gasteiger partial charge < -0.3 is 4.74 Å². The van der Waals surface area contributed by atoms with Crippen molar-refractivity contribution >= 4 is 11.8 Å². The third kappa shape index (κ3) is 11.9. The molecular formula is C17H30O3. The molecule has 0 saturated heterocycles. The molecule has 0 aliphatic carbocycles. The van der Waals surface area contributed by atoms with E-state index in [9.17, 15) is 9.59 Å². The van der Waals surface area contributed by atoms with Gasteiger partial charge in [0.25, 0.3) is 0 Å². The molecule has 0 bridgehead atoms.